The third kappa shape index (κ3) is 4.89. The summed E-state index contributed by atoms with van der Waals surface area (Å²) in [6.07, 6.45) is 8.39. The van der Waals surface area contributed by atoms with Crippen molar-refractivity contribution < 1.29 is 17.2 Å². The van der Waals surface area contributed by atoms with Crippen LogP contribution in [0.5, 0.6) is 0 Å². The van der Waals surface area contributed by atoms with Gasteiger partial charge in [-0.3, -0.25) is 10.3 Å². The smallest absolute Gasteiger partial charge is 0.165 e. The van der Waals surface area contributed by atoms with Crippen molar-refractivity contribution in [3.63, 3.8) is 0 Å². The number of pyridine rings is 2. The van der Waals surface area contributed by atoms with Gasteiger partial charge in [-0.05, 0) is 55.5 Å². The molecule has 202 valence electrons. The molecule has 0 spiro atoms. The molecule has 2 atom stereocenters. The van der Waals surface area contributed by atoms with Crippen LogP contribution in [0.2, 0.25) is 0 Å². The van der Waals surface area contributed by atoms with Gasteiger partial charge in [0.2, 0.25) is 0 Å². The first-order chi connectivity index (χ1) is 18.7. The number of hydrogen-bond donors (Lipinski definition) is 2. The number of nitrogens with zero attached hydrogens (tertiary/aromatic N) is 5. The van der Waals surface area contributed by atoms with Crippen molar-refractivity contribution in [1.29, 1.82) is 0 Å². The molecule has 0 radical (unpaired) electrons. The zero-order valence-electron chi connectivity index (χ0n) is 21.4. The van der Waals surface area contributed by atoms with Crippen LogP contribution in [0.1, 0.15) is 31.2 Å². The van der Waals surface area contributed by atoms with Crippen LogP contribution in [0.15, 0.2) is 48.9 Å². The van der Waals surface area contributed by atoms with Gasteiger partial charge in [0.25, 0.3) is 0 Å². The Morgan fingerprint density at radius 2 is 1.87 bits per heavy atom. The van der Waals surface area contributed by atoms with Crippen LogP contribution in [0.3, 0.4) is 0 Å². The van der Waals surface area contributed by atoms with E-state index < -0.39 is 32.9 Å². The third-order valence-electron chi connectivity index (χ3n) is 7.23. The van der Waals surface area contributed by atoms with Crippen molar-refractivity contribution in [3.05, 3.63) is 66.1 Å². The maximum Gasteiger partial charge on any atom is 0.165 e. The summed E-state index contributed by atoms with van der Waals surface area (Å²) in [5.41, 5.74) is 1.98. The van der Waals surface area contributed by atoms with E-state index in [2.05, 4.69) is 20.6 Å². The highest BCUT2D eigenvalue weighted by Crippen LogP contribution is 2.45. The minimum atomic E-state index is -3.37. The summed E-state index contributed by atoms with van der Waals surface area (Å²) in [5, 5.41) is 5.96. The fourth-order valence-corrected chi connectivity index (χ4v) is 6.47. The molecule has 2 fully saturated rings. The second-order valence-electron chi connectivity index (χ2n) is 10.1. The van der Waals surface area contributed by atoms with E-state index in [0.29, 0.717) is 41.7 Å². The van der Waals surface area contributed by atoms with Crippen LogP contribution in [0.25, 0.3) is 22.3 Å². The number of benzene rings is 1. The lowest BCUT2D eigenvalue weighted by Gasteiger charge is -2.40. The molecular weight excluding hydrogens is 524 g/mol. The second-order valence-corrected chi connectivity index (χ2v) is 12.2. The van der Waals surface area contributed by atoms with Gasteiger partial charge >= 0.3 is 0 Å². The quantitative estimate of drug-likeness (QED) is 0.365. The minimum absolute atomic E-state index is 0.222. The van der Waals surface area contributed by atoms with E-state index in [4.69, 9.17) is 9.97 Å². The lowest BCUT2D eigenvalue weighted by atomic mass is 10.1. The molecule has 1 saturated heterocycles. The lowest BCUT2D eigenvalue weighted by molar-refractivity contribution is 0.444. The number of halogens is 2. The van der Waals surface area contributed by atoms with E-state index in [1.165, 1.54) is 18.5 Å². The Bertz CT molecular complexity index is 1660. The van der Waals surface area contributed by atoms with Gasteiger partial charge in [0, 0.05) is 42.7 Å². The Labute approximate surface area is 224 Å². The normalized spacial score (nSPS) is 19.8. The summed E-state index contributed by atoms with van der Waals surface area (Å²) in [5.74, 6) is 0.128. The predicted molar refractivity (Wildman–Crippen MR) is 146 cm³/mol. The van der Waals surface area contributed by atoms with Gasteiger partial charge in [0.15, 0.2) is 15.7 Å². The molecule has 1 saturated carbocycles. The minimum Gasteiger partial charge on any atom is -0.349 e. The predicted octanol–water partition coefficient (Wildman–Crippen LogP) is 4.15. The molecule has 3 aromatic heterocycles. The molecule has 1 aliphatic carbocycles. The van der Waals surface area contributed by atoms with Crippen molar-refractivity contribution in [2.75, 3.05) is 29.6 Å². The first kappa shape index (κ1) is 25.5. The maximum atomic E-state index is 14.2. The SMILES string of the molecule is C[C@@H]1C(S(C)(=O)=O)NCCN1c1nc(-c2ccnc(Nc3c(F)cccc3F)c2)nc2cncc(C3CC3)c12. The third-order valence-corrected chi connectivity index (χ3v) is 8.71. The largest absolute Gasteiger partial charge is 0.349 e. The van der Waals surface area contributed by atoms with Crippen LogP contribution in [-0.2, 0) is 9.84 Å². The molecule has 0 amide bonds. The number of rotatable bonds is 6. The number of piperazine rings is 1. The highest BCUT2D eigenvalue weighted by atomic mass is 32.2. The number of aromatic nitrogens is 4. The van der Waals surface area contributed by atoms with E-state index in [1.807, 2.05) is 18.0 Å². The highest BCUT2D eigenvalue weighted by molar-refractivity contribution is 7.91. The number of anilines is 3. The number of hydrogen-bond acceptors (Lipinski definition) is 9. The fraction of sp³-hybridized carbons (Fsp3) is 0.333. The first-order valence-electron chi connectivity index (χ1n) is 12.7. The van der Waals surface area contributed by atoms with Gasteiger partial charge in [0.1, 0.15) is 34.3 Å². The number of para-hydroxylation sites is 1. The van der Waals surface area contributed by atoms with Gasteiger partial charge in [-0.25, -0.2) is 32.2 Å². The van der Waals surface area contributed by atoms with Crippen LogP contribution in [0, 0.1) is 11.6 Å². The molecule has 4 heterocycles. The molecule has 1 aliphatic heterocycles. The Morgan fingerprint density at radius 3 is 2.59 bits per heavy atom. The summed E-state index contributed by atoms with van der Waals surface area (Å²) in [6, 6.07) is 6.56. The molecule has 2 N–H and O–H groups in total. The van der Waals surface area contributed by atoms with Gasteiger partial charge in [0.05, 0.1) is 17.8 Å². The Kier molecular flexibility index (Phi) is 6.38. The zero-order valence-corrected chi connectivity index (χ0v) is 22.2. The maximum absolute atomic E-state index is 14.2. The fourth-order valence-electron chi connectivity index (χ4n) is 5.19. The Balaban J connectivity index is 1.47. The molecule has 9 nitrogen and oxygen atoms in total. The number of sulfone groups is 1. The van der Waals surface area contributed by atoms with Gasteiger partial charge in [-0.2, -0.15) is 0 Å². The molecule has 12 heteroatoms. The standard InChI is InChI=1S/C27H27F2N7O2S/c1-15-27(39(2,37)38)32-10-11-36(15)26-23-18(16-6-7-16)13-30-14-21(23)33-25(35-26)17-8-9-31-22(12-17)34-24-19(28)4-3-5-20(24)29/h3-5,8-9,12-16,27,32H,6-7,10-11H2,1-2H3,(H,31,34)/t15-,27?/m1/s1. The topological polar surface area (TPSA) is 113 Å². The molecule has 4 aromatic rings. The average Bonchev–Trinajstić information content (AvgIpc) is 3.75. The molecule has 1 unspecified atom stereocenters. The molecule has 2 aliphatic rings. The van der Waals surface area contributed by atoms with Crippen molar-refractivity contribution >= 4 is 38.1 Å². The van der Waals surface area contributed by atoms with E-state index in [1.54, 1.807) is 18.3 Å². The molecule has 0 bridgehead atoms. The summed E-state index contributed by atoms with van der Waals surface area (Å²) in [7, 11) is -3.37. The van der Waals surface area contributed by atoms with Crippen LogP contribution < -0.4 is 15.5 Å². The van der Waals surface area contributed by atoms with Crippen molar-refractivity contribution in [3.8, 4) is 11.4 Å². The zero-order chi connectivity index (χ0) is 27.3. The average molecular weight is 552 g/mol. The molecule has 39 heavy (non-hydrogen) atoms. The second kappa shape index (κ2) is 9.76. The summed E-state index contributed by atoms with van der Waals surface area (Å²) < 4.78 is 53.6. The lowest BCUT2D eigenvalue weighted by Crippen LogP contribution is -2.59. The van der Waals surface area contributed by atoms with Gasteiger partial charge in [-0.1, -0.05) is 6.07 Å². The van der Waals surface area contributed by atoms with Crippen LogP contribution in [0.4, 0.5) is 26.1 Å². The number of fused-ring (bicyclic) bond motifs is 1. The monoisotopic (exact) mass is 551 g/mol. The Hall–Kier alpha value is -3.77. The van der Waals surface area contributed by atoms with Crippen LogP contribution >= 0.6 is 0 Å². The van der Waals surface area contributed by atoms with E-state index in [-0.39, 0.29) is 11.5 Å². The first-order valence-corrected chi connectivity index (χ1v) is 14.7. The van der Waals surface area contributed by atoms with Crippen molar-refractivity contribution in [2.45, 2.75) is 37.1 Å². The summed E-state index contributed by atoms with van der Waals surface area (Å²) in [4.78, 5) is 20.5. The highest BCUT2D eigenvalue weighted by Gasteiger charge is 2.37. The van der Waals surface area contributed by atoms with E-state index in [0.717, 1.165) is 35.9 Å². The van der Waals surface area contributed by atoms with Crippen molar-refractivity contribution in [1.82, 2.24) is 25.3 Å². The molecular formula is C27H27F2N7O2S. The van der Waals surface area contributed by atoms with Gasteiger partial charge in [-0.15, -0.1) is 0 Å². The van der Waals surface area contributed by atoms with E-state index in [9.17, 15) is 17.2 Å². The summed E-state index contributed by atoms with van der Waals surface area (Å²) >= 11 is 0. The summed E-state index contributed by atoms with van der Waals surface area (Å²) in [6.45, 7) is 2.91. The Morgan fingerprint density at radius 1 is 1.10 bits per heavy atom. The van der Waals surface area contributed by atoms with E-state index >= 15 is 0 Å². The number of nitrogens with one attached hydrogen (secondary N) is 2. The van der Waals surface area contributed by atoms with Crippen molar-refractivity contribution in [2.24, 2.45) is 0 Å². The molecule has 6 rings (SSSR count). The van der Waals surface area contributed by atoms with Crippen LogP contribution in [-0.4, -0.2) is 59.1 Å². The van der Waals surface area contributed by atoms with Gasteiger partial charge < -0.3 is 10.2 Å². The molecule has 1 aromatic carbocycles.